The highest BCUT2D eigenvalue weighted by Crippen LogP contribution is 2.19. The summed E-state index contributed by atoms with van der Waals surface area (Å²) in [6.07, 6.45) is 13.5. The van der Waals surface area contributed by atoms with E-state index in [0.29, 0.717) is 32.8 Å². The summed E-state index contributed by atoms with van der Waals surface area (Å²) >= 11 is 0. The number of imidazole rings is 3. The van der Waals surface area contributed by atoms with Crippen LogP contribution in [0.15, 0.2) is 47.6 Å². The van der Waals surface area contributed by atoms with Gasteiger partial charge in [0.1, 0.15) is 0 Å². The Kier molecular flexibility index (Phi) is 7.65. The minimum atomic E-state index is -0.225. The van der Waals surface area contributed by atoms with E-state index in [2.05, 4.69) is 44.8 Å². The molecule has 0 amide bonds. The summed E-state index contributed by atoms with van der Waals surface area (Å²) in [6, 6.07) is 0. The SMILES string of the molecule is CCOC(c1cnc[nH]1)N(CCN=Cc1cnc[nH]1)CCN=Cc1cnc[nH]1. The molecule has 3 aromatic rings. The maximum Gasteiger partial charge on any atom is 0.153 e. The number of rotatable bonds is 12. The topological polar surface area (TPSA) is 123 Å². The van der Waals surface area contributed by atoms with Gasteiger partial charge in [0.15, 0.2) is 6.23 Å². The molecule has 1 atom stereocenters. The molecule has 1 unspecified atom stereocenters. The first-order valence-electron chi connectivity index (χ1n) is 9.17. The van der Waals surface area contributed by atoms with Gasteiger partial charge in [-0.25, -0.2) is 15.0 Å². The van der Waals surface area contributed by atoms with Crippen LogP contribution in [0.2, 0.25) is 0 Å². The van der Waals surface area contributed by atoms with Crippen molar-refractivity contribution in [3.63, 3.8) is 0 Å². The molecule has 0 bridgehead atoms. The van der Waals surface area contributed by atoms with Crippen molar-refractivity contribution < 1.29 is 4.74 Å². The van der Waals surface area contributed by atoms with Crippen molar-refractivity contribution in [1.82, 2.24) is 34.8 Å². The lowest BCUT2D eigenvalue weighted by atomic mass is 10.3. The van der Waals surface area contributed by atoms with Crippen molar-refractivity contribution in [2.24, 2.45) is 9.98 Å². The van der Waals surface area contributed by atoms with E-state index < -0.39 is 0 Å². The second-order valence-corrected chi connectivity index (χ2v) is 5.94. The van der Waals surface area contributed by atoms with E-state index in [1.807, 2.05) is 6.92 Å². The average molecular weight is 383 g/mol. The summed E-state index contributed by atoms with van der Waals surface area (Å²) in [5.41, 5.74) is 2.67. The predicted molar refractivity (Wildman–Crippen MR) is 107 cm³/mol. The molecular weight excluding hydrogens is 358 g/mol. The minimum absolute atomic E-state index is 0.225. The molecule has 3 rings (SSSR count). The van der Waals surface area contributed by atoms with Crippen molar-refractivity contribution in [1.29, 1.82) is 0 Å². The summed E-state index contributed by atoms with van der Waals surface area (Å²) in [6.45, 7) is 5.26. The Bertz CT molecular complexity index is 761. The summed E-state index contributed by atoms with van der Waals surface area (Å²) in [5, 5.41) is 0. The lowest BCUT2D eigenvalue weighted by molar-refractivity contribution is -0.0573. The highest BCUT2D eigenvalue weighted by atomic mass is 16.5. The van der Waals surface area contributed by atoms with Gasteiger partial charge in [-0.2, -0.15) is 0 Å². The van der Waals surface area contributed by atoms with E-state index in [4.69, 9.17) is 4.74 Å². The fourth-order valence-corrected chi connectivity index (χ4v) is 2.67. The van der Waals surface area contributed by atoms with Gasteiger partial charge in [-0.3, -0.25) is 14.9 Å². The van der Waals surface area contributed by atoms with Gasteiger partial charge in [0.05, 0.1) is 67.7 Å². The zero-order valence-corrected chi connectivity index (χ0v) is 15.8. The van der Waals surface area contributed by atoms with Crippen LogP contribution < -0.4 is 0 Å². The van der Waals surface area contributed by atoms with Crippen LogP contribution in [0.5, 0.6) is 0 Å². The summed E-state index contributed by atoms with van der Waals surface area (Å²) in [5.74, 6) is 0. The van der Waals surface area contributed by atoms with Crippen LogP contribution in [-0.4, -0.2) is 80.0 Å². The number of aromatic nitrogens is 6. The predicted octanol–water partition coefficient (Wildman–Crippen LogP) is 1.43. The van der Waals surface area contributed by atoms with Crippen LogP contribution >= 0.6 is 0 Å². The van der Waals surface area contributed by atoms with E-state index in [1.165, 1.54) is 0 Å². The fourth-order valence-electron chi connectivity index (χ4n) is 2.67. The van der Waals surface area contributed by atoms with Crippen LogP contribution in [0.3, 0.4) is 0 Å². The van der Waals surface area contributed by atoms with Gasteiger partial charge in [0.25, 0.3) is 0 Å². The van der Waals surface area contributed by atoms with Crippen molar-refractivity contribution in [2.45, 2.75) is 13.2 Å². The molecule has 0 aliphatic heterocycles. The van der Waals surface area contributed by atoms with E-state index in [-0.39, 0.29) is 6.23 Å². The average Bonchev–Trinajstić information content (AvgIpc) is 3.49. The van der Waals surface area contributed by atoms with Crippen LogP contribution in [0.1, 0.15) is 30.2 Å². The molecule has 10 heteroatoms. The van der Waals surface area contributed by atoms with Gasteiger partial charge in [-0.05, 0) is 6.92 Å². The van der Waals surface area contributed by atoms with Crippen molar-refractivity contribution in [2.75, 3.05) is 32.8 Å². The lowest BCUT2D eigenvalue weighted by Crippen LogP contribution is -2.35. The van der Waals surface area contributed by atoms with Crippen molar-refractivity contribution in [3.05, 3.63) is 54.7 Å². The van der Waals surface area contributed by atoms with Crippen LogP contribution in [-0.2, 0) is 4.74 Å². The van der Waals surface area contributed by atoms with Gasteiger partial charge in [0.2, 0.25) is 0 Å². The summed E-state index contributed by atoms with van der Waals surface area (Å²) in [7, 11) is 0. The zero-order chi connectivity index (χ0) is 19.4. The molecule has 0 aliphatic carbocycles. The number of aliphatic imine (C=N–C) groups is 2. The standard InChI is InChI=1S/C18H25N9O/c1-2-28-18(17-11-23-14-26-17)27(5-3-19-7-15-9-21-12-24-15)6-4-20-8-16-10-22-13-25-16/h7-14,18H,2-6H2,1H3,(H,21,24)(H,22,25)(H,23,26). The smallest absolute Gasteiger partial charge is 0.153 e. The molecule has 28 heavy (non-hydrogen) atoms. The fraction of sp³-hybridized carbons (Fsp3) is 0.389. The molecule has 0 saturated heterocycles. The molecule has 0 spiro atoms. The van der Waals surface area contributed by atoms with Crippen molar-refractivity contribution in [3.8, 4) is 0 Å². The van der Waals surface area contributed by atoms with Gasteiger partial charge in [-0.15, -0.1) is 0 Å². The number of ether oxygens (including phenoxy) is 1. The molecule has 0 aliphatic rings. The van der Waals surface area contributed by atoms with Crippen molar-refractivity contribution >= 4 is 12.4 Å². The molecule has 0 radical (unpaired) electrons. The molecule has 10 nitrogen and oxygen atoms in total. The maximum absolute atomic E-state index is 5.97. The van der Waals surface area contributed by atoms with E-state index in [9.17, 15) is 0 Å². The monoisotopic (exact) mass is 383 g/mol. The number of hydrogen-bond acceptors (Lipinski definition) is 7. The minimum Gasteiger partial charge on any atom is -0.358 e. The number of nitrogens with zero attached hydrogens (tertiary/aromatic N) is 6. The molecule has 0 fully saturated rings. The molecule has 3 heterocycles. The third-order valence-electron chi connectivity index (χ3n) is 3.97. The Morgan fingerprint density at radius 3 is 1.96 bits per heavy atom. The Morgan fingerprint density at radius 1 is 0.929 bits per heavy atom. The Hall–Kier alpha value is -3.11. The number of H-pyrrole nitrogens is 3. The van der Waals surface area contributed by atoms with Crippen LogP contribution in [0, 0.1) is 0 Å². The third-order valence-corrected chi connectivity index (χ3v) is 3.97. The van der Waals surface area contributed by atoms with Gasteiger partial charge < -0.3 is 19.7 Å². The third kappa shape index (κ3) is 5.96. The first-order chi connectivity index (χ1) is 13.9. The Morgan fingerprint density at radius 2 is 1.50 bits per heavy atom. The Balaban J connectivity index is 1.61. The van der Waals surface area contributed by atoms with Gasteiger partial charge >= 0.3 is 0 Å². The maximum atomic E-state index is 5.97. The quantitative estimate of drug-likeness (QED) is 0.322. The first-order valence-corrected chi connectivity index (χ1v) is 9.17. The van der Waals surface area contributed by atoms with Gasteiger partial charge in [-0.1, -0.05) is 0 Å². The molecular formula is C18H25N9O. The highest BCUT2D eigenvalue weighted by Gasteiger charge is 2.21. The van der Waals surface area contributed by atoms with E-state index in [1.54, 1.807) is 50.0 Å². The highest BCUT2D eigenvalue weighted by molar-refractivity contribution is 5.76. The van der Waals surface area contributed by atoms with E-state index in [0.717, 1.165) is 17.1 Å². The number of aromatic amines is 3. The lowest BCUT2D eigenvalue weighted by Gasteiger charge is -2.29. The normalized spacial score (nSPS) is 13.2. The van der Waals surface area contributed by atoms with E-state index >= 15 is 0 Å². The zero-order valence-electron chi connectivity index (χ0n) is 15.8. The summed E-state index contributed by atoms with van der Waals surface area (Å²) < 4.78 is 5.97. The Labute approximate surface area is 163 Å². The summed E-state index contributed by atoms with van der Waals surface area (Å²) in [4.78, 5) is 32.4. The molecule has 0 saturated carbocycles. The van der Waals surface area contributed by atoms with Crippen LogP contribution in [0.4, 0.5) is 0 Å². The second-order valence-electron chi connectivity index (χ2n) is 5.94. The molecule has 3 aromatic heterocycles. The number of nitrogens with one attached hydrogen (secondary N) is 3. The first kappa shape index (κ1) is 19.6. The van der Waals surface area contributed by atoms with Crippen LogP contribution in [0.25, 0.3) is 0 Å². The molecule has 148 valence electrons. The number of hydrogen-bond donors (Lipinski definition) is 3. The van der Waals surface area contributed by atoms with Gasteiger partial charge in [0, 0.05) is 32.1 Å². The second kappa shape index (κ2) is 10.9. The molecule has 3 N–H and O–H groups in total. The molecule has 0 aromatic carbocycles. The largest absolute Gasteiger partial charge is 0.358 e.